The zero-order chi connectivity index (χ0) is 39.0. The third kappa shape index (κ3) is 9.08. The van der Waals surface area contributed by atoms with Crippen molar-refractivity contribution in [1.82, 2.24) is 25.2 Å². The smallest absolute Gasteiger partial charge is 0.410 e. The van der Waals surface area contributed by atoms with Gasteiger partial charge in [-0.1, -0.05) is 32.1 Å². The number of benzene rings is 1. The lowest BCUT2D eigenvalue weighted by Gasteiger charge is -2.30. The molecule has 290 valence electrons. The molecule has 5 amide bonds. The second-order valence-corrected chi connectivity index (χ2v) is 17.0. The quantitative estimate of drug-likeness (QED) is 0.160. The fraction of sp³-hybridized carbons (Fsp3) is 0.600. The van der Waals surface area contributed by atoms with Crippen LogP contribution in [0.25, 0.3) is 0 Å². The molecule has 1 aromatic rings. The number of likely N-dealkylation sites (tertiary alicyclic amines) is 1. The van der Waals surface area contributed by atoms with Crippen molar-refractivity contribution < 1.29 is 55.8 Å². The van der Waals surface area contributed by atoms with Gasteiger partial charge in [0.25, 0.3) is 5.91 Å². The number of halogens is 1. The fourth-order valence-electron chi connectivity index (χ4n) is 6.50. The third-order valence-corrected chi connectivity index (χ3v) is 11.4. The van der Waals surface area contributed by atoms with E-state index in [4.69, 9.17) is 14.2 Å². The van der Waals surface area contributed by atoms with E-state index in [9.17, 15) is 41.6 Å². The maximum Gasteiger partial charge on any atom is 0.410 e. The van der Waals surface area contributed by atoms with Gasteiger partial charge in [0.1, 0.15) is 41.8 Å². The SMILES string of the molecule is C=C(C)C(=O)OC[C@@H](NC(=O)OC(C)(C)C)C(=O)N1C[C@H](OC(=O)N2Cc3cccc(F)c3C2)C[C@H]1C(=O)N[C@]1(C(=O)NS(=O)(=O)C2CC2)C[C@H]1CC. The largest absolute Gasteiger partial charge is 0.460 e. The Morgan fingerprint density at radius 1 is 1.11 bits per heavy atom. The van der Waals surface area contributed by atoms with Crippen LogP contribution in [0.2, 0.25) is 0 Å². The van der Waals surface area contributed by atoms with Crippen LogP contribution in [-0.4, -0.2) is 102 Å². The number of rotatable bonds is 12. The Morgan fingerprint density at radius 3 is 2.40 bits per heavy atom. The zero-order valence-corrected chi connectivity index (χ0v) is 31.2. The molecule has 5 rings (SSSR count). The number of fused-ring (bicyclic) bond motifs is 1. The Balaban J connectivity index is 1.39. The minimum Gasteiger partial charge on any atom is -0.460 e. The zero-order valence-electron chi connectivity index (χ0n) is 30.4. The van der Waals surface area contributed by atoms with Gasteiger partial charge in [0, 0.05) is 24.1 Å². The van der Waals surface area contributed by atoms with E-state index in [1.54, 1.807) is 33.8 Å². The van der Waals surface area contributed by atoms with Crippen molar-refractivity contribution in [3.05, 3.63) is 47.3 Å². The Labute approximate surface area is 307 Å². The van der Waals surface area contributed by atoms with Gasteiger partial charge >= 0.3 is 18.2 Å². The van der Waals surface area contributed by atoms with Crippen molar-refractivity contribution in [1.29, 1.82) is 0 Å². The van der Waals surface area contributed by atoms with Crippen molar-refractivity contribution in [2.24, 2.45) is 5.92 Å². The van der Waals surface area contributed by atoms with Crippen LogP contribution in [0, 0.1) is 11.7 Å². The molecule has 2 aliphatic carbocycles. The molecule has 0 radical (unpaired) electrons. The molecule has 16 nitrogen and oxygen atoms in total. The van der Waals surface area contributed by atoms with E-state index < -0.39 is 98.8 Å². The summed E-state index contributed by atoms with van der Waals surface area (Å²) in [6.07, 6.45) is -1.79. The molecule has 0 spiro atoms. The van der Waals surface area contributed by atoms with Crippen LogP contribution in [-0.2, 0) is 56.5 Å². The number of carbonyl (C=O) groups is 6. The molecule has 2 aliphatic heterocycles. The number of amides is 5. The summed E-state index contributed by atoms with van der Waals surface area (Å²) in [5, 5.41) is 4.38. The van der Waals surface area contributed by atoms with Crippen LogP contribution in [0.3, 0.4) is 0 Å². The monoisotopic (exact) mass is 763 g/mol. The van der Waals surface area contributed by atoms with Crippen LogP contribution in [0.4, 0.5) is 14.0 Å². The lowest BCUT2D eigenvalue weighted by Crippen LogP contribution is -2.59. The molecule has 5 atom stereocenters. The topological polar surface area (TPSA) is 207 Å². The first kappa shape index (κ1) is 39.5. The van der Waals surface area contributed by atoms with E-state index in [1.165, 1.54) is 24.0 Å². The minimum atomic E-state index is -3.95. The van der Waals surface area contributed by atoms with Gasteiger partial charge in [-0.15, -0.1) is 0 Å². The molecule has 0 unspecified atom stereocenters. The highest BCUT2D eigenvalue weighted by atomic mass is 32.2. The van der Waals surface area contributed by atoms with Crippen LogP contribution in [0.15, 0.2) is 30.4 Å². The van der Waals surface area contributed by atoms with Gasteiger partial charge in [-0.3, -0.25) is 24.0 Å². The van der Waals surface area contributed by atoms with Gasteiger partial charge in [-0.25, -0.2) is 27.2 Å². The van der Waals surface area contributed by atoms with Crippen molar-refractivity contribution in [3.63, 3.8) is 0 Å². The summed E-state index contributed by atoms with van der Waals surface area (Å²) in [5.41, 5.74) is -1.59. The lowest BCUT2D eigenvalue weighted by atomic mass is 10.1. The number of nitrogens with zero attached hydrogens (tertiary/aromatic N) is 2. The van der Waals surface area contributed by atoms with Crippen molar-refractivity contribution in [2.75, 3.05) is 13.2 Å². The highest BCUT2D eigenvalue weighted by molar-refractivity contribution is 7.91. The van der Waals surface area contributed by atoms with Gasteiger partial charge < -0.3 is 29.7 Å². The Bertz CT molecular complexity index is 1810. The molecule has 1 aromatic carbocycles. The number of alkyl carbamates (subject to hydrolysis) is 1. The van der Waals surface area contributed by atoms with Gasteiger partial charge in [-0.2, -0.15) is 0 Å². The molecular formula is C35H46FN5O11S. The molecule has 2 saturated carbocycles. The molecule has 2 heterocycles. The third-order valence-electron chi connectivity index (χ3n) is 9.57. The number of sulfonamides is 1. The van der Waals surface area contributed by atoms with Crippen LogP contribution in [0.5, 0.6) is 0 Å². The second-order valence-electron chi connectivity index (χ2n) is 15.0. The normalized spacial score (nSPS) is 24.0. The molecule has 0 aromatic heterocycles. The summed E-state index contributed by atoms with van der Waals surface area (Å²) in [6.45, 7) is 10.4. The van der Waals surface area contributed by atoms with Gasteiger partial charge in [0.15, 0.2) is 0 Å². The summed E-state index contributed by atoms with van der Waals surface area (Å²) in [6, 6.07) is 1.52. The second kappa shape index (κ2) is 14.9. The molecule has 1 saturated heterocycles. The van der Waals surface area contributed by atoms with Crippen LogP contribution >= 0.6 is 0 Å². The molecule has 3 fully saturated rings. The number of carbonyl (C=O) groups excluding carboxylic acids is 6. The van der Waals surface area contributed by atoms with Gasteiger partial charge in [0.05, 0.1) is 18.3 Å². The van der Waals surface area contributed by atoms with Crippen molar-refractivity contribution in [2.45, 2.75) is 114 Å². The molecule has 4 aliphatic rings. The number of hydrogen-bond acceptors (Lipinski definition) is 11. The van der Waals surface area contributed by atoms with E-state index in [2.05, 4.69) is 21.9 Å². The first-order chi connectivity index (χ1) is 24.7. The summed E-state index contributed by atoms with van der Waals surface area (Å²) < 4.78 is 58.1. The molecule has 0 bridgehead atoms. The van der Waals surface area contributed by atoms with Crippen molar-refractivity contribution in [3.8, 4) is 0 Å². The summed E-state index contributed by atoms with van der Waals surface area (Å²) in [7, 11) is -3.95. The number of nitrogens with one attached hydrogen (secondary N) is 3. The average molecular weight is 764 g/mol. The Hall–Kier alpha value is -4.74. The van der Waals surface area contributed by atoms with E-state index in [1.807, 2.05) is 0 Å². The summed E-state index contributed by atoms with van der Waals surface area (Å²) in [5.74, 6) is -4.36. The Kier molecular flexibility index (Phi) is 11.1. The number of hydrogen-bond donors (Lipinski definition) is 3. The van der Waals surface area contributed by atoms with Crippen LogP contribution < -0.4 is 15.4 Å². The number of esters is 1. The van der Waals surface area contributed by atoms with E-state index in [-0.39, 0.29) is 38.0 Å². The predicted octanol–water partition coefficient (Wildman–Crippen LogP) is 2.15. The molecule has 18 heteroatoms. The summed E-state index contributed by atoms with van der Waals surface area (Å²) in [4.78, 5) is 82.5. The Morgan fingerprint density at radius 2 is 1.81 bits per heavy atom. The van der Waals surface area contributed by atoms with E-state index >= 15 is 0 Å². The van der Waals surface area contributed by atoms with Crippen molar-refractivity contribution >= 4 is 45.9 Å². The van der Waals surface area contributed by atoms with E-state index in [0.717, 1.165) is 4.90 Å². The van der Waals surface area contributed by atoms with Gasteiger partial charge in [-0.05, 0) is 64.5 Å². The average Bonchev–Trinajstić information content (AvgIpc) is 3.96. The predicted molar refractivity (Wildman–Crippen MR) is 184 cm³/mol. The summed E-state index contributed by atoms with van der Waals surface area (Å²) >= 11 is 0. The maximum absolute atomic E-state index is 14.4. The highest BCUT2D eigenvalue weighted by Gasteiger charge is 2.62. The fourth-order valence-corrected chi connectivity index (χ4v) is 7.87. The first-order valence-electron chi connectivity index (χ1n) is 17.5. The molecule has 53 heavy (non-hydrogen) atoms. The van der Waals surface area contributed by atoms with Crippen LogP contribution in [0.1, 0.15) is 77.8 Å². The molecular weight excluding hydrogens is 717 g/mol. The highest BCUT2D eigenvalue weighted by Crippen LogP contribution is 2.47. The molecule has 3 N–H and O–H groups in total. The van der Waals surface area contributed by atoms with E-state index in [0.29, 0.717) is 30.4 Å². The minimum absolute atomic E-state index is 0.0185. The number of ether oxygens (including phenoxy) is 3. The maximum atomic E-state index is 14.4. The first-order valence-corrected chi connectivity index (χ1v) is 19.0. The van der Waals surface area contributed by atoms with Gasteiger partial charge in [0.2, 0.25) is 21.8 Å². The lowest BCUT2D eigenvalue weighted by molar-refractivity contribution is -0.146. The standard InChI is InChI=1S/C35H46FN5O11S/c1-7-21-14-35(21,31(45)39-53(48,49)23-11-12-23)38-28(42)27-13-22(51-33(47)40-15-20-9-8-10-25(36)24(20)17-40)16-41(27)29(43)26(18-50-30(44)19(2)3)37-32(46)52-34(4,5)6/h8-10,21-23,26-27H,2,7,11-18H2,1,3-6H3,(H,37,46)(H,38,42)(H,39,45)/t21-,22-,26-,27+,35-/m1/s1.